The van der Waals surface area contributed by atoms with E-state index in [1.165, 1.54) is 7.11 Å². The summed E-state index contributed by atoms with van der Waals surface area (Å²) >= 11 is 0. The van der Waals surface area contributed by atoms with E-state index in [1.807, 2.05) is 25.1 Å². The van der Waals surface area contributed by atoms with Crippen LogP contribution in [0.5, 0.6) is 0 Å². The van der Waals surface area contributed by atoms with Crippen molar-refractivity contribution >= 4 is 17.6 Å². The number of aromatic amines is 1. The van der Waals surface area contributed by atoms with E-state index in [9.17, 15) is 9.59 Å². The second-order valence-electron chi connectivity index (χ2n) is 4.58. The number of imidazole rings is 1. The summed E-state index contributed by atoms with van der Waals surface area (Å²) in [5.41, 5.74) is 3.40. The van der Waals surface area contributed by atoms with E-state index in [4.69, 9.17) is 0 Å². The second kappa shape index (κ2) is 6.69. The highest BCUT2D eigenvalue weighted by Gasteiger charge is 2.09. The third kappa shape index (κ3) is 3.92. The predicted molar refractivity (Wildman–Crippen MR) is 78.6 cm³/mol. The first-order valence-corrected chi connectivity index (χ1v) is 6.57. The normalized spacial score (nSPS) is 10.2. The van der Waals surface area contributed by atoms with E-state index in [0.717, 1.165) is 17.0 Å². The molecule has 0 bridgehead atoms. The first-order chi connectivity index (χ1) is 10.1. The van der Waals surface area contributed by atoms with E-state index < -0.39 is 5.97 Å². The lowest BCUT2D eigenvalue weighted by Gasteiger charge is -2.07. The first-order valence-electron chi connectivity index (χ1n) is 6.57. The number of carbonyl (C=O) groups excluding carboxylic acids is 2. The first kappa shape index (κ1) is 14.8. The molecule has 0 radical (unpaired) electrons. The third-order valence-electron chi connectivity index (χ3n) is 3.03. The second-order valence-corrected chi connectivity index (χ2v) is 4.58. The molecule has 0 unspecified atom stereocenters. The Hall–Kier alpha value is -2.63. The van der Waals surface area contributed by atoms with Crippen LogP contribution in [0.1, 0.15) is 18.5 Å². The molecule has 0 saturated carbocycles. The number of benzene rings is 1. The van der Waals surface area contributed by atoms with Gasteiger partial charge in [-0.3, -0.25) is 9.59 Å². The van der Waals surface area contributed by atoms with Gasteiger partial charge in [-0.25, -0.2) is 4.98 Å². The summed E-state index contributed by atoms with van der Waals surface area (Å²) < 4.78 is 4.50. The maximum Gasteiger partial charge on any atom is 0.306 e. The zero-order valence-electron chi connectivity index (χ0n) is 12.0. The van der Waals surface area contributed by atoms with Gasteiger partial charge in [0.15, 0.2) is 0 Å². The van der Waals surface area contributed by atoms with Crippen molar-refractivity contribution in [1.82, 2.24) is 9.97 Å². The number of hydrogen-bond acceptors (Lipinski definition) is 4. The van der Waals surface area contributed by atoms with Gasteiger partial charge in [0.1, 0.15) is 0 Å². The molecule has 0 aliphatic rings. The van der Waals surface area contributed by atoms with Crippen molar-refractivity contribution in [2.75, 3.05) is 12.4 Å². The zero-order chi connectivity index (χ0) is 15.2. The third-order valence-corrected chi connectivity index (χ3v) is 3.03. The van der Waals surface area contributed by atoms with Gasteiger partial charge in [-0.1, -0.05) is 12.1 Å². The van der Waals surface area contributed by atoms with Gasteiger partial charge in [0.05, 0.1) is 25.6 Å². The number of carbonyl (C=O) groups is 2. The van der Waals surface area contributed by atoms with Gasteiger partial charge in [-0.2, -0.15) is 0 Å². The van der Waals surface area contributed by atoms with Crippen molar-refractivity contribution in [3.63, 3.8) is 0 Å². The highest BCUT2D eigenvalue weighted by atomic mass is 16.5. The van der Waals surface area contributed by atoms with Crippen molar-refractivity contribution in [2.24, 2.45) is 0 Å². The number of H-pyrrole nitrogens is 1. The van der Waals surface area contributed by atoms with Crippen LogP contribution in [-0.2, 0) is 14.3 Å². The SMILES string of the molecule is COC(=O)CCC(=O)Nc1cccc(-c2nc[nH]c2C)c1. The number of aromatic nitrogens is 2. The lowest BCUT2D eigenvalue weighted by molar-refractivity contribution is -0.141. The van der Waals surface area contributed by atoms with Gasteiger partial charge < -0.3 is 15.0 Å². The van der Waals surface area contributed by atoms with Crippen molar-refractivity contribution in [1.29, 1.82) is 0 Å². The summed E-state index contributed by atoms with van der Waals surface area (Å²) in [7, 11) is 1.30. The molecule has 21 heavy (non-hydrogen) atoms. The van der Waals surface area contributed by atoms with Crippen molar-refractivity contribution < 1.29 is 14.3 Å². The van der Waals surface area contributed by atoms with Crippen molar-refractivity contribution in [3.8, 4) is 11.3 Å². The van der Waals surface area contributed by atoms with Crippen molar-refractivity contribution in [3.05, 3.63) is 36.3 Å². The smallest absolute Gasteiger partial charge is 0.306 e. The molecule has 0 aliphatic carbocycles. The lowest BCUT2D eigenvalue weighted by Crippen LogP contribution is -2.13. The molecule has 2 N–H and O–H groups in total. The van der Waals surface area contributed by atoms with E-state index in [1.54, 1.807) is 12.4 Å². The van der Waals surface area contributed by atoms with Crippen molar-refractivity contribution in [2.45, 2.75) is 19.8 Å². The van der Waals surface area contributed by atoms with Gasteiger partial charge in [-0.05, 0) is 19.1 Å². The minimum absolute atomic E-state index is 0.0699. The van der Waals surface area contributed by atoms with Crippen LogP contribution in [0, 0.1) is 6.92 Å². The molecule has 2 rings (SSSR count). The topological polar surface area (TPSA) is 84.1 Å². The summed E-state index contributed by atoms with van der Waals surface area (Å²) in [6, 6.07) is 7.41. The van der Waals surface area contributed by atoms with Gasteiger partial charge in [-0.15, -0.1) is 0 Å². The number of anilines is 1. The van der Waals surface area contributed by atoms with Gasteiger partial charge in [0.2, 0.25) is 5.91 Å². The molecule has 6 heteroatoms. The number of esters is 1. The molecule has 0 saturated heterocycles. The molecule has 1 amide bonds. The van der Waals surface area contributed by atoms with E-state index >= 15 is 0 Å². The number of aryl methyl sites for hydroxylation is 1. The maximum absolute atomic E-state index is 11.8. The predicted octanol–water partition coefficient (Wildman–Crippen LogP) is 2.28. The molecule has 2 aromatic rings. The van der Waals surface area contributed by atoms with Crippen LogP contribution in [-0.4, -0.2) is 29.0 Å². The standard InChI is InChI=1S/C15H17N3O3/c1-10-15(17-9-16-10)11-4-3-5-12(8-11)18-13(19)6-7-14(20)21-2/h3-5,8-9H,6-7H2,1-2H3,(H,16,17)(H,18,19). The number of nitrogens with one attached hydrogen (secondary N) is 2. The Morgan fingerprint density at radius 2 is 2.14 bits per heavy atom. The Kier molecular flexibility index (Phi) is 4.71. The highest BCUT2D eigenvalue weighted by Crippen LogP contribution is 2.23. The molecule has 110 valence electrons. The summed E-state index contributed by atoms with van der Waals surface area (Å²) in [6.45, 7) is 1.93. The lowest BCUT2D eigenvalue weighted by atomic mass is 10.1. The number of methoxy groups -OCH3 is 1. The molecule has 0 aliphatic heterocycles. The van der Waals surface area contributed by atoms with Crippen LogP contribution in [0.3, 0.4) is 0 Å². The Balaban J connectivity index is 2.03. The number of hydrogen-bond donors (Lipinski definition) is 2. The minimum atomic E-state index is -0.397. The maximum atomic E-state index is 11.8. The van der Waals surface area contributed by atoms with E-state index in [2.05, 4.69) is 20.0 Å². The fourth-order valence-electron chi connectivity index (χ4n) is 1.94. The van der Waals surface area contributed by atoms with Crippen LogP contribution in [0.4, 0.5) is 5.69 Å². The Labute approximate surface area is 122 Å². The summed E-state index contributed by atoms with van der Waals surface area (Å²) in [5.74, 6) is -0.623. The Bertz CT molecular complexity index is 649. The van der Waals surface area contributed by atoms with Crippen LogP contribution in [0.2, 0.25) is 0 Å². The quantitative estimate of drug-likeness (QED) is 0.826. The molecule has 0 fully saturated rings. The van der Waals surface area contributed by atoms with Gasteiger partial charge in [0, 0.05) is 23.4 Å². The molecular formula is C15H17N3O3. The molecule has 0 spiro atoms. The van der Waals surface area contributed by atoms with Gasteiger partial charge >= 0.3 is 5.97 Å². The Morgan fingerprint density at radius 3 is 2.81 bits per heavy atom. The Morgan fingerprint density at radius 1 is 1.33 bits per heavy atom. The summed E-state index contributed by atoms with van der Waals surface area (Å²) in [4.78, 5) is 30.0. The van der Waals surface area contributed by atoms with Crippen LogP contribution < -0.4 is 5.32 Å². The number of amides is 1. The average molecular weight is 287 g/mol. The fourth-order valence-corrected chi connectivity index (χ4v) is 1.94. The summed E-state index contributed by atoms with van der Waals surface area (Å²) in [6.07, 6.45) is 1.80. The molecule has 1 heterocycles. The number of rotatable bonds is 5. The monoisotopic (exact) mass is 287 g/mol. The molecular weight excluding hydrogens is 270 g/mol. The molecule has 6 nitrogen and oxygen atoms in total. The fraction of sp³-hybridized carbons (Fsp3) is 0.267. The number of nitrogens with zero attached hydrogens (tertiary/aromatic N) is 1. The largest absolute Gasteiger partial charge is 0.469 e. The van der Waals surface area contributed by atoms with Crippen LogP contribution in [0.25, 0.3) is 11.3 Å². The van der Waals surface area contributed by atoms with Gasteiger partial charge in [0.25, 0.3) is 0 Å². The van der Waals surface area contributed by atoms with E-state index in [-0.39, 0.29) is 18.7 Å². The minimum Gasteiger partial charge on any atom is -0.469 e. The van der Waals surface area contributed by atoms with Crippen LogP contribution >= 0.6 is 0 Å². The zero-order valence-corrected chi connectivity index (χ0v) is 12.0. The average Bonchev–Trinajstić information content (AvgIpc) is 2.91. The molecule has 1 aromatic carbocycles. The molecule has 0 atom stereocenters. The highest BCUT2D eigenvalue weighted by molar-refractivity contribution is 5.93. The molecule has 1 aromatic heterocycles. The van der Waals surface area contributed by atoms with E-state index in [0.29, 0.717) is 5.69 Å². The van der Waals surface area contributed by atoms with Crippen LogP contribution in [0.15, 0.2) is 30.6 Å². The summed E-state index contributed by atoms with van der Waals surface area (Å²) in [5, 5.41) is 2.76. The number of ether oxygens (including phenoxy) is 1.